The molecule has 0 saturated heterocycles. The van der Waals surface area contributed by atoms with Crippen molar-refractivity contribution >= 4 is 9.28 Å². The molecule has 1 rings (SSSR count). The van der Waals surface area contributed by atoms with Gasteiger partial charge in [-0.3, -0.25) is 0 Å². The van der Waals surface area contributed by atoms with E-state index in [4.69, 9.17) is 8.85 Å². The first-order valence-corrected chi connectivity index (χ1v) is 7.02. The highest BCUT2D eigenvalue weighted by Crippen LogP contribution is 2.40. The van der Waals surface area contributed by atoms with Gasteiger partial charge in [-0.15, -0.1) is 0 Å². The lowest BCUT2D eigenvalue weighted by atomic mass is 9.77. The van der Waals surface area contributed by atoms with Crippen LogP contribution >= 0.6 is 0 Å². The summed E-state index contributed by atoms with van der Waals surface area (Å²) in [6.07, 6.45) is 6.93. The van der Waals surface area contributed by atoms with Gasteiger partial charge in [0.1, 0.15) is 0 Å². The first kappa shape index (κ1) is 11.2. The Balaban J connectivity index is 2.39. The summed E-state index contributed by atoms with van der Waals surface area (Å²) in [7, 11) is 2.24. The Morgan fingerprint density at radius 1 is 1.08 bits per heavy atom. The Morgan fingerprint density at radius 2 is 1.62 bits per heavy atom. The van der Waals surface area contributed by atoms with E-state index in [-0.39, 0.29) is 0 Å². The highest BCUT2D eigenvalue weighted by atomic mass is 28.3. The number of rotatable bonds is 4. The molecule has 0 amide bonds. The van der Waals surface area contributed by atoms with Gasteiger partial charge in [-0.05, 0) is 24.3 Å². The summed E-state index contributed by atoms with van der Waals surface area (Å²) >= 11 is 0. The largest absolute Gasteiger partial charge is 0.400 e. The minimum Gasteiger partial charge on any atom is -0.400 e. The fraction of sp³-hybridized carbons (Fsp3) is 1.00. The first-order valence-electron chi connectivity index (χ1n) is 5.26. The molecule has 1 fully saturated rings. The molecule has 13 heavy (non-hydrogen) atoms. The van der Waals surface area contributed by atoms with Crippen LogP contribution in [-0.4, -0.2) is 23.5 Å². The van der Waals surface area contributed by atoms with Gasteiger partial charge in [-0.2, -0.15) is 0 Å². The van der Waals surface area contributed by atoms with Crippen LogP contribution in [0.15, 0.2) is 0 Å². The SMILES string of the molecule is CO[SiH](CC1(C)CCCCC1)OC. The topological polar surface area (TPSA) is 18.5 Å². The maximum absolute atomic E-state index is 5.38. The second kappa shape index (κ2) is 5.13. The van der Waals surface area contributed by atoms with E-state index in [2.05, 4.69) is 6.92 Å². The van der Waals surface area contributed by atoms with Gasteiger partial charge in [-0.25, -0.2) is 0 Å². The van der Waals surface area contributed by atoms with Crippen molar-refractivity contribution in [1.29, 1.82) is 0 Å². The molecule has 0 heterocycles. The van der Waals surface area contributed by atoms with Gasteiger partial charge in [0.25, 0.3) is 0 Å². The lowest BCUT2D eigenvalue weighted by Crippen LogP contribution is -2.30. The van der Waals surface area contributed by atoms with Crippen molar-refractivity contribution in [3.05, 3.63) is 0 Å². The Hall–Kier alpha value is 0.137. The minimum atomic E-state index is -1.33. The summed E-state index contributed by atoms with van der Waals surface area (Å²) < 4.78 is 10.8. The van der Waals surface area contributed by atoms with Gasteiger partial charge in [0.2, 0.25) is 0 Å². The van der Waals surface area contributed by atoms with E-state index in [9.17, 15) is 0 Å². The molecule has 0 unspecified atom stereocenters. The second-order valence-corrected chi connectivity index (χ2v) is 6.69. The van der Waals surface area contributed by atoms with E-state index in [1.807, 2.05) is 0 Å². The Kier molecular flexibility index (Phi) is 4.42. The van der Waals surface area contributed by atoms with Crippen LogP contribution in [0.2, 0.25) is 6.04 Å². The van der Waals surface area contributed by atoms with Crippen LogP contribution in [0.1, 0.15) is 39.0 Å². The van der Waals surface area contributed by atoms with Gasteiger partial charge in [-0.1, -0.05) is 26.2 Å². The van der Waals surface area contributed by atoms with Crippen molar-refractivity contribution in [2.45, 2.75) is 45.1 Å². The molecule has 0 radical (unpaired) electrons. The zero-order chi connectivity index (χ0) is 9.73. The van der Waals surface area contributed by atoms with Crippen LogP contribution in [0.25, 0.3) is 0 Å². The van der Waals surface area contributed by atoms with Crippen molar-refractivity contribution in [2.24, 2.45) is 5.41 Å². The fourth-order valence-corrected chi connectivity index (χ4v) is 4.01. The van der Waals surface area contributed by atoms with Gasteiger partial charge >= 0.3 is 9.28 Å². The van der Waals surface area contributed by atoms with Crippen molar-refractivity contribution in [1.82, 2.24) is 0 Å². The average molecular weight is 202 g/mol. The Bertz CT molecular complexity index is 140. The normalized spacial score (nSPS) is 22.2. The highest BCUT2D eigenvalue weighted by molar-refractivity contribution is 6.44. The van der Waals surface area contributed by atoms with Crippen LogP contribution in [-0.2, 0) is 8.85 Å². The molecule has 0 aromatic carbocycles. The molecule has 0 spiro atoms. The highest BCUT2D eigenvalue weighted by Gasteiger charge is 2.31. The monoisotopic (exact) mass is 202 g/mol. The summed E-state index contributed by atoms with van der Waals surface area (Å²) in [6.45, 7) is 2.39. The Labute approximate surface area is 83.5 Å². The van der Waals surface area contributed by atoms with Crippen LogP contribution in [0, 0.1) is 5.41 Å². The van der Waals surface area contributed by atoms with E-state index in [1.54, 1.807) is 14.2 Å². The predicted molar refractivity (Wildman–Crippen MR) is 57.2 cm³/mol. The summed E-state index contributed by atoms with van der Waals surface area (Å²) in [5.74, 6) is 0. The zero-order valence-electron chi connectivity index (χ0n) is 9.14. The van der Waals surface area contributed by atoms with Crippen molar-refractivity contribution < 1.29 is 8.85 Å². The second-order valence-electron chi connectivity index (χ2n) is 4.48. The standard InChI is InChI=1S/C10H22O2Si/c1-10(7-5-4-6-8-10)9-13(11-2)12-3/h13H,4-9H2,1-3H3. The molecule has 0 atom stereocenters. The molecule has 1 aliphatic rings. The molecule has 0 aliphatic heterocycles. The third-order valence-corrected chi connectivity index (χ3v) is 5.62. The maximum atomic E-state index is 5.38. The van der Waals surface area contributed by atoms with Gasteiger partial charge in [0.15, 0.2) is 0 Å². The number of hydrogen-bond acceptors (Lipinski definition) is 2. The van der Waals surface area contributed by atoms with E-state index in [0.29, 0.717) is 5.41 Å². The molecular weight excluding hydrogens is 180 g/mol. The van der Waals surface area contributed by atoms with Crippen molar-refractivity contribution in [2.75, 3.05) is 14.2 Å². The zero-order valence-corrected chi connectivity index (χ0v) is 10.3. The molecule has 3 heteroatoms. The quantitative estimate of drug-likeness (QED) is 0.652. The molecule has 0 aromatic heterocycles. The lowest BCUT2D eigenvalue weighted by molar-refractivity contribution is 0.203. The molecule has 2 nitrogen and oxygen atoms in total. The van der Waals surface area contributed by atoms with E-state index in [0.717, 1.165) is 0 Å². The molecule has 0 aromatic rings. The summed E-state index contributed by atoms with van der Waals surface area (Å²) in [6, 6.07) is 1.18. The smallest absolute Gasteiger partial charge is 0.321 e. The number of hydrogen-bond donors (Lipinski definition) is 0. The third-order valence-electron chi connectivity index (χ3n) is 3.25. The minimum absolute atomic E-state index is 0.515. The average Bonchev–Trinajstić information content (AvgIpc) is 2.15. The predicted octanol–water partition coefficient (Wildman–Crippen LogP) is 2.47. The molecule has 0 bridgehead atoms. The fourth-order valence-electron chi connectivity index (χ4n) is 2.27. The molecular formula is C10H22O2Si. The van der Waals surface area contributed by atoms with E-state index < -0.39 is 9.28 Å². The Morgan fingerprint density at radius 3 is 2.08 bits per heavy atom. The van der Waals surface area contributed by atoms with Gasteiger partial charge in [0, 0.05) is 14.2 Å². The molecule has 1 saturated carbocycles. The van der Waals surface area contributed by atoms with E-state index >= 15 is 0 Å². The van der Waals surface area contributed by atoms with Crippen molar-refractivity contribution in [3.8, 4) is 0 Å². The lowest BCUT2D eigenvalue weighted by Gasteiger charge is -2.34. The van der Waals surface area contributed by atoms with Crippen LogP contribution < -0.4 is 0 Å². The first-order chi connectivity index (χ1) is 6.20. The van der Waals surface area contributed by atoms with Crippen LogP contribution in [0.4, 0.5) is 0 Å². The molecule has 1 aliphatic carbocycles. The summed E-state index contributed by atoms with van der Waals surface area (Å²) in [5, 5.41) is 0. The van der Waals surface area contributed by atoms with Crippen LogP contribution in [0.3, 0.4) is 0 Å². The summed E-state index contributed by atoms with van der Waals surface area (Å²) in [5.41, 5.74) is 0.515. The van der Waals surface area contributed by atoms with Crippen molar-refractivity contribution in [3.63, 3.8) is 0 Å². The molecule has 0 N–H and O–H groups in total. The third kappa shape index (κ3) is 3.41. The maximum Gasteiger partial charge on any atom is 0.321 e. The van der Waals surface area contributed by atoms with E-state index in [1.165, 1.54) is 38.1 Å². The molecule has 78 valence electrons. The van der Waals surface area contributed by atoms with Gasteiger partial charge in [0.05, 0.1) is 0 Å². The van der Waals surface area contributed by atoms with Crippen LogP contribution in [0.5, 0.6) is 0 Å². The van der Waals surface area contributed by atoms with Gasteiger partial charge < -0.3 is 8.85 Å². The summed E-state index contributed by atoms with van der Waals surface area (Å²) in [4.78, 5) is 0.